The number of hydrogen-bond acceptors (Lipinski definition) is 6. The minimum atomic E-state index is -0.166. The highest BCUT2D eigenvalue weighted by molar-refractivity contribution is 6.04. The van der Waals surface area contributed by atoms with Crippen molar-refractivity contribution in [2.24, 2.45) is 5.92 Å². The molecule has 1 aliphatic rings. The van der Waals surface area contributed by atoms with E-state index < -0.39 is 0 Å². The fraction of sp³-hybridized carbons (Fsp3) is 0.412. The topological polar surface area (TPSA) is 77.7 Å². The first-order valence-corrected chi connectivity index (χ1v) is 7.69. The standard InChI is InChI=1S/C17H21N3O3/c1-22-14-6-5-13(18)15-12(14)7-8-19-16(15)20-9-3-4-11(10-20)17(21)23-2/h5-8,11H,3-4,9-10,18H2,1-2H3. The van der Waals surface area contributed by atoms with Crippen LogP contribution in [-0.2, 0) is 9.53 Å². The Bertz CT molecular complexity index is 732. The highest BCUT2D eigenvalue weighted by Crippen LogP contribution is 2.36. The Labute approximate surface area is 135 Å². The minimum Gasteiger partial charge on any atom is -0.496 e. The summed E-state index contributed by atoms with van der Waals surface area (Å²) in [5.41, 5.74) is 6.85. The number of fused-ring (bicyclic) bond motifs is 1. The van der Waals surface area contributed by atoms with E-state index in [1.165, 1.54) is 7.11 Å². The van der Waals surface area contributed by atoms with Gasteiger partial charge in [0.25, 0.3) is 0 Å². The van der Waals surface area contributed by atoms with Crippen molar-refractivity contribution in [1.82, 2.24) is 4.98 Å². The molecule has 2 N–H and O–H groups in total. The van der Waals surface area contributed by atoms with Gasteiger partial charge in [-0.2, -0.15) is 0 Å². The van der Waals surface area contributed by atoms with E-state index in [9.17, 15) is 4.79 Å². The van der Waals surface area contributed by atoms with E-state index in [0.717, 1.165) is 41.7 Å². The number of ether oxygens (including phenoxy) is 2. The lowest BCUT2D eigenvalue weighted by molar-refractivity contribution is -0.145. The Hall–Kier alpha value is -2.50. The zero-order valence-corrected chi connectivity index (χ0v) is 13.4. The number of piperidine rings is 1. The number of nitrogens with zero attached hydrogens (tertiary/aromatic N) is 2. The minimum absolute atomic E-state index is 0.127. The predicted molar refractivity (Wildman–Crippen MR) is 89.7 cm³/mol. The monoisotopic (exact) mass is 315 g/mol. The van der Waals surface area contributed by atoms with Gasteiger partial charge in [0.1, 0.15) is 11.6 Å². The average Bonchev–Trinajstić information content (AvgIpc) is 2.61. The SMILES string of the molecule is COC(=O)C1CCCN(c2nccc3c(OC)ccc(N)c23)C1. The second kappa shape index (κ2) is 6.32. The summed E-state index contributed by atoms with van der Waals surface area (Å²) in [5.74, 6) is 1.27. The summed E-state index contributed by atoms with van der Waals surface area (Å²) in [5, 5.41) is 1.80. The molecule has 0 saturated carbocycles. The Morgan fingerprint density at radius 1 is 1.35 bits per heavy atom. The molecule has 1 atom stereocenters. The quantitative estimate of drug-likeness (QED) is 0.691. The highest BCUT2D eigenvalue weighted by Gasteiger charge is 2.28. The van der Waals surface area contributed by atoms with Crippen LogP contribution in [0.25, 0.3) is 10.8 Å². The maximum absolute atomic E-state index is 11.9. The Balaban J connectivity index is 2.04. The fourth-order valence-electron chi connectivity index (χ4n) is 3.23. The van der Waals surface area contributed by atoms with Gasteiger partial charge >= 0.3 is 5.97 Å². The number of anilines is 2. The van der Waals surface area contributed by atoms with Crippen molar-refractivity contribution in [3.05, 3.63) is 24.4 Å². The molecule has 1 aromatic heterocycles. The number of benzene rings is 1. The fourth-order valence-corrected chi connectivity index (χ4v) is 3.23. The van der Waals surface area contributed by atoms with Crippen LogP contribution >= 0.6 is 0 Å². The van der Waals surface area contributed by atoms with Crippen molar-refractivity contribution in [2.45, 2.75) is 12.8 Å². The number of nitrogens with two attached hydrogens (primary N) is 1. The molecule has 0 radical (unpaired) electrons. The molecule has 2 aromatic rings. The first kappa shape index (κ1) is 15.4. The lowest BCUT2D eigenvalue weighted by atomic mass is 9.97. The van der Waals surface area contributed by atoms with E-state index in [2.05, 4.69) is 9.88 Å². The van der Waals surface area contributed by atoms with Gasteiger partial charge in [-0.1, -0.05) is 0 Å². The number of nitrogen functional groups attached to an aromatic ring is 1. The Kier molecular flexibility index (Phi) is 4.23. The predicted octanol–water partition coefficient (Wildman–Crippen LogP) is 2.21. The van der Waals surface area contributed by atoms with Gasteiger partial charge in [-0.25, -0.2) is 4.98 Å². The second-order valence-electron chi connectivity index (χ2n) is 5.72. The summed E-state index contributed by atoms with van der Waals surface area (Å²) >= 11 is 0. The van der Waals surface area contributed by atoms with Crippen molar-refractivity contribution in [3.8, 4) is 5.75 Å². The zero-order chi connectivity index (χ0) is 16.4. The zero-order valence-electron chi connectivity index (χ0n) is 13.4. The van der Waals surface area contributed by atoms with Crippen LogP contribution in [0.5, 0.6) is 5.75 Å². The van der Waals surface area contributed by atoms with Gasteiger partial charge < -0.3 is 20.1 Å². The van der Waals surface area contributed by atoms with E-state index in [4.69, 9.17) is 15.2 Å². The number of rotatable bonds is 3. The smallest absolute Gasteiger partial charge is 0.310 e. The van der Waals surface area contributed by atoms with Crippen molar-refractivity contribution < 1.29 is 14.3 Å². The number of pyridine rings is 1. The molecule has 3 rings (SSSR count). The van der Waals surface area contributed by atoms with Crippen LogP contribution in [0.4, 0.5) is 11.5 Å². The number of aromatic nitrogens is 1. The summed E-state index contributed by atoms with van der Waals surface area (Å²) < 4.78 is 10.3. The van der Waals surface area contributed by atoms with Crippen molar-refractivity contribution >= 4 is 28.2 Å². The van der Waals surface area contributed by atoms with Gasteiger partial charge in [0, 0.05) is 30.4 Å². The molecule has 1 aromatic carbocycles. The lowest BCUT2D eigenvalue weighted by Gasteiger charge is -2.33. The largest absolute Gasteiger partial charge is 0.496 e. The van der Waals surface area contributed by atoms with Gasteiger partial charge in [-0.05, 0) is 31.0 Å². The molecular weight excluding hydrogens is 294 g/mol. The van der Waals surface area contributed by atoms with Crippen LogP contribution in [-0.4, -0.2) is 38.3 Å². The molecule has 0 amide bonds. The number of esters is 1. The van der Waals surface area contributed by atoms with Crippen molar-refractivity contribution in [1.29, 1.82) is 0 Å². The summed E-state index contributed by atoms with van der Waals surface area (Å²) in [4.78, 5) is 18.5. The Morgan fingerprint density at radius 3 is 2.91 bits per heavy atom. The van der Waals surface area contributed by atoms with Crippen LogP contribution in [0, 0.1) is 5.92 Å². The van der Waals surface area contributed by atoms with Crippen molar-refractivity contribution in [3.63, 3.8) is 0 Å². The molecule has 1 fully saturated rings. The van der Waals surface area contributed by atoms with Crippen LogP contribution in [0.1, 0.15) is 12.8 Å². The third-order valence-electron chi connectivity index (χ3n) is 4.37. The van der Waals surface area contributed by atoms with Crippen LogP contribution in [0.15, 0.2) is 24.4 Å². The van der Waals surface area contributed by atoms with Gasteiger partial charge in [0.15, 0.2) is 0 Å². The molecule has 1 unspecified atom stereocenters. The maximum Gasteiger partial charge on any atom is 0.310 e. The normalized spacial score (nSPS) is 18.0. The molecule has 0 bridgehead atoms. The van der Waals surface area contributed by atoms with E-state index >= 15 is 0 Å². The number of methoxy groups -OCH3 is 2. The summed E-state index contributed by atoms with van der Waals surface area (Å²) in [6.07, 6.45) is 3.51. The summed E-state index contributed by atoms with van der Waals surface area (Å²) in [7, 11) is 3.07. The van der Waals surface area contributed by atoms with Gasteiger partial charge in [-0.3, -0.25) is 4.79 Å². The van der Waals surface area contributed by atoms with E-state index in [1.807, 2.05) is 18.2 Å². The van der Waals surface area contributed by atoms with Crippen LogP contribution in [0.3, 0.4) is 0 Å². The first-order chi connectivity index (χ1) is 11.2. The first-order valence-electron chi connectivity index (χ1n) is 7.69. The molecule has 1 aliphatic heterocycles. The van der Waals surface area contributed by atoms with E-state index in [1.54, 1.807) is 13.3 Å². The van der Waals surface area contributed by atoms with Crippen LogP contribution in [0.2, 0.25) is 0 Å². The molecular formula is C17H21N3O3. The number of carbonyl (C=O) groups excluding carboxylic acids is 1. The molecule has 0 spiro atoms. The molecule has 6 heteroatoms. The van der Waals surface area contributed by atoms with Gasteiger partial charge in [0.05, 0.1) is 25.5 Å². The van der Waals surface area contributed by atoms with E-state index in [-0.39, 0.29) is 11.9 Å². The average molecular weight is 315 g/mol. The van der Waals surface area contributed by atoms with E-state index in [0.29, 0.717) is 12.2 Å². The third-order valence-corrected chi connectivity index (χ3v) is 4.37. The number of carbonyl (C=O) groups is 1. The molecule has 0 aliphatic carbocycles. The molecule has 1 saturated heterocycles. The van der Waals surface area contributed by atoms with Gasteiger partial charge in [-0.15, -0.1) is 0 Å². The summed E-state index contributed by atoms with van der Waals surface area (Å²) in [6.45, 7) is 1.44. The molecule has 6 nitrogen and oxygen atoms in total. The Morgan fingerprint density at radius 2 is 2.17 bits per heavy atom. The second-order valence-corrected chi connectivity index (χ2v) is 5.72. The third kappa shape index (κ3) is 2.76. The molecule has 23 heavy (non-hydrogen) atoms. The van der Waals surface area contributed by atoms with Crippen LogP contribution < -0.4 is 15.4 Å². The molecule has 122 valence electrons. The lowest BCUT2D eigenvalue weighted by Crippen LogP contribution is -2.39. The molecule has 2 heterocycles. The number of hydrogen-bond donors (Lipinski definition) is 1. The summed E-state index contributed by atoms with van der Waals surface area (Å²) in [6, 6.07) is 5.58. The maximum atomic E-state index is 11.9. The van der Waals surface area contributed by atoms with Crippen molar-refractivity contribution in [2.75, 3.05) is 37.9 Å². The highest BCUT2D eigenvalue weighted by atomic mass is 16.5. The van der Waals surface area contributed by atoms with Gasteiger partial charge in [0.2, 0.25) is 0 Å².